The zero-order valence-electron chi connectivity index (χ0n) is 19.1. The molecule has 1 unspecified atom stereocenters. The standard InChI is InChI=1S/C26H36N2OS/c1-6-7-22(10-8-19(2)3)28-26-16-20(4)9-11-24(17-21(26)18-27-28)29-23-12-14-25(30-5)15-13-23/h12-19,22H,6-11H2,1-5H3/b20-16+,24-17+. The van der Waals surface area contributed by atoms with Gasteiger partial charge in [0.1, 0.15) is 11.5 Å². The fourth-order valence-corrected chi connectivity index (χ4v) is 4.34. The van der Waals surface area contributed by atoms with E-state index in [-0.39, 0.29) is 0 Å². The molecule has 0 spiro atoms. The highest BCUT2D eigenvalue weighted by atomic mass is 32.2. The molecule has 162 valence electrons. The van der Waals surface area contributed by atoms with Gasteiger partial charge in [-0.3, -0.25) is 4.68 Å². The second-order valence-corrected chi connectivity index (χ2v) is 9.60. The topological polar surface area (TPSA) is 27.1 Å². The molecule has 0 fully saturated rings. The van der Waals surface area contributed by atoms with Crippen LogP contribution in [-0.2, 0) is 0 Å². The van der Waals surface area contributed by atoms with E-state index in [0.29, 0.717) is 6.04 Å². The van der Waals surface area contributed by atoms with Gasteiger partial charge < -0.3 is 4.74 Å². The number of hydrogen-bond acceptors (Lipinski definition) is 3. The number of benzene rings is 1. The van der Waals surface area contributed by atoms with Crippen molar-refractivity contribution >= 4 is 23.9 Å². The summed E-state index contributed by atoms with van der Waals surface area (Å²) >= 11 is 1.75. The number of ether oxygens (including phenoxy) is 1. The van der Waals surface area contributed by atoms with Crippen LogP contribution in [0, 0.1) is 5.92 Å². The van der Waals surface area contributed by atoms with E-state index < -0.39 is 0 Å². The highest BCUT2D eigenvalue weighted by molar-refractivity contribution is 7.98. The molecular weight excluding hydrogens is 388 g/mol. The summed E-state index contributed by atoms with van der Waals surface area (Å²) in [6, 6.07) is 8.80. The molecule has 3 rings (SSSR count). The summed E-state index contributed by atoms with van der Waals surface area (Å²) in [5.74, 6) is 2.63. The Morgan fingerprint density at radius 3 is 2.50 bits per heavy atom. The Bertz CT molecular complexity index is 877. The second kappa shape index (κ2) is 10.9. The maximum atomic E-state index is 6.28. The molecular formula is C26H36N2OS. The highest BCUT2D eigenvalue weighted by Gasteiger charge is 2.19. The average Bonchev–Trinajstić information content (AvgIpc) is 3.09. The van der Waals surface area contributed by atoms with Gasteiger partial charge in [-0.05, 0) is 81.2 Å². The quantitative estimate of drug-likeness (QED) is 0.382. The van der Waals surface area contributed by atoms with E-state index in [1.165, 1.54) is 41.8 Å². The van der Waals surface area contributed by atoms with Crippen LogP contribution in [0.25, 0.3) is 12.2 Å². The number of nitrogens with zero attached hydrogens (tertiary/aromatic N) is 2. The lowest BCUT2D eigenvalue weighted by Gasteiger charge is -2.21. The molecule has 1 aromatic heterocycles. The minimum absolute atomic E-state index is 0.460. The van der Waals surface area contributed by atoms with Crippen LogP contribution in [0.4, 0.5) is 0 Å². The summed E-state index contributed by atoms with van der Waals surface area (Å²) in [6.45, 7) is 9.10. The second-order valence-electron chi connectivity index (χ2n) is 8.72. The van der Waals surface area contributed by atoms with Crippen LogP contribution in [0.5, 0.6) is 5.75 Å². The van der Waals surface area contributed by atoms with Crippen molar-refractivity contribution in [2.75, 3.05) is 6.26 Å². The van der Waals surface area contributed by atoms with Crippen molar-refractivity contribution in [2.45, 2.75) is 77.2 Å². The minimum Gasteiger partial charge on any atom is -0.462 e. The van der Waals surface area contributed by atoms with Crippen molar-refractivity contribution in [3.63, 3.8) is 0 Å². The molecule has 0 N–H and O–H groups in total. The van der Waals surface area contributed by atoms with Crippen LogP contribution < -0.4 is 4.74 Å². The Morgan fingerprint density at radius 2 is 1.83 bits per heavy atom. The summed E-state index contributed by atoms with van der Waals surface area (Å²) < 4.78 is 8.55. The number of hydrogen-bond donors (Lipinski definition) is 0. The van der Waals surface area contributed by atoms with Crippen molar-refractivity contribution in [1.29, 1.82) is 0 Å². The SMILES string of the molecule is CCCC(CCC(C)C)n1ncc2c1/C=C(\C)CC/C(Oc1ccc(SC)cc1)=C\2. The first-order valence-corrected chi connectivity index (χ1v) is 12.5. The van der Waals surface area contributed by atoms with E-state index in [0.717, 1.165) is 35.8 Å². The lowest BCUT2D eigenvalue weighted by molar-refractivity contribution is 0.360. The summed E-state index contributed by atoms with van der Waals surface area (Å²) in [5, 5.41) is 4.85. The van der Waals surface area contributed by atoms with Crippen LogP contribution in [0.3, 0.4) is 0 Å². The molecule has 1 atom stereocenters. The molecule has 1 heterocycles. The van der Waals surface area contributed by atoms with E-state index in [1.807, 2.05) is 6.20 Å². The fraction of sp³-hybridized carbons (Fsp3) is 0.500. The molecule has 3 nitrogen and oxygen atoms in total. The third kappa shape index (κ3) is 6.04. The van der Waals surface area contributed by atoms with Crippen LogP contribution in [0.1, 0.15) is 83.5 Å². The van der Waals surface area contributed by atoms with Gasteiger partial charge in [-0.15, -0.1) is 11.8 Å². The highest BCUT2D eigenvalue weighted by Crippen LogP contribution is 2.31. The maximum Gasteiger partial charge on any atom is 0.127 e. The van der Waals surface area contributed by atoms with Crippen molar-refractivity contribution in [3.05, 3.63) is 53.1 Å². The van der Waals surface area contributed by atoms with E-state index in [9.17, 15) is 0 Å². The smallest absolute Gasteiger partial charge is 0.127 e. The van der Waals surface area contributed by atoms with Crippen molar-refractivity contribution < 1.29 is 4.74 Å². The first-order valence-electron chi connectivity index (χ1n) is 11.3. The third-order valence-electron chi connectivity index (χ3n) is 5.68. The van der Waals surface area contributed by atoms with E-state index in [4.69, 9.17) is 9.84 Å². The molecule has 0 bridgehead atoms. The van der Waals surface area contributed by atoms with Gasteiger partial charge in [0.25, 0.3) is 0 Å². The zero-order valence-corrected chi connectivity index (χ0v) is 20.0. The molecule has 0 amide bonds. The summed E-state index contributed by atoms with van der Waals surface area (Å²) in [4.78, 5) is 1.25. The molecule has 2 aromatic rings. The van der Waals surface area contributed by atoms with Crippen molar-refractivity contribution in [1.82, 2.24) is 9.78 Å². The van der Waals surface area contributed by atoms with Gasteiger partial charge in [0.15, 0.2) is 0 Å². The first kappa shape index (κ1) is 22.7. The monoisotopic (exact) mass is 424 g/mol. The first-order chi connectivity index (χ1) is 14.5. The molecule has 30 heavy (non-hydrogen) atoms. The lowest BCUT2D eigenvalue weighted by atomic mass is 9.99. The predicted octanol–water partition coefficient (Wildman–Crippen LogP) is 8.00. The molecule has 0 radical (unpaired) electrons. The Morgan fingerprint density at radius 1 is 1.07 bits per heavy atom. The van der Waals surface area contributed by atoms with Gasteiger partial charge in [-0.1, -0.05) is 32.8 Å². The Kier molecular flexibility index (Phi) is 8.26. The number of rotatable bonds is 9. The minimum atomic E-state index is 0.460. The molecule has 0 aliphatic heterocycles. The molecule has 1 aliphatic carbocycles. The lowest BCUT2D eigenvalue weighted by Crippen LogP contribution is -2.14. The van der Waals surface area contributed by atoms with Gasteiger partial charge in [-0.2, -0.15) is 5.10 Å². The van der Waals surface area contributed by atoms with Gasteiger partial charge in [0, 0.05) is 16.9 Å². The van der Waals surface area contributed by atoms with Gasteiger partial charge in [-0.25, -0.2) is 0 Å². The van der Waals surface area contributed by atoms with Crippen molar-refractivity contribution in [3.8, 4) is 5.75 Å². The van der Waals surface area contributed by atoms with Crippen LogP contribution in [-0.4, -0.2) is 16.0 Å². The third-order valence-corrected chi connectivity index (χ3v) is 6.43. The molecule has 4 heteroatoms. The van der Waals surface area contributed by atoms with Crippen LogP contribution >= 0.6 is 11.8 Å². The molecule has 0 saturated carbocycles. The van der Waals surface area contributed by atoms with Crippen molar-refractivity contribution in [2.24, 2.45) is 5.92 Å². The van der Waals surface area contributed by atoms with Gasteiger partial charge in [0.2, 0.25) is 0 Å². The fourth-order valence-electron chi connectivity index (χ4n) is 3.93. The van der Waals surface area contributed by atoms with Gasteiger partial charge in [0.05, 0.1) is 17.9 Å². The number of aromatic nitrogens is 2. The molecule has 0 saturated heterocycles. The molecule has 1 aromatic carbocycles. The van der Waals surface area contributed by atoms with E-state index in [1.54, 1.807) is 11.8 Å². The van der Waals surface area contributed by atoms with E-state index in [2.05, 4.69) is 75.1 Å². The van der Waals surface area contributed by atoms with Crippen LogP contribution in [0.2, 0.25) is 0 Å². The summed E-state index contributed by atoms with van der Waals surface area (Å²) in [6.07, 6.45) is 15.3. The maximum absolute atomic E-state index is 6.28. The molecule has 1 aliphatic rings. The number of thioether (sulfide) groups is 1. The number of fused-ring (bicyclic) bond motifs is 1. The number of allylic oxidation sites excluding steroid dienone is 2. The Hall–Kier alpha value is -1.94. The Balaban J connectivity index is 1.89. The predicted molar refractivity (Wildman–Crippen MR) is 130 cm³/mol. The average molecular weight is 425 g/mol. The largest absolute Gasteiger partial charge is 0.462 e. The zero-order chi connectivity index (χ0) is 21.5. The normalized spacial score (nSPS) is 18.6. The summed E-state index contributed by atoms with van der Waals surface area (Å²) in [5.41, 5.74) is 3.77. The van der Waals surface area contributed by atoms with Crippen LogP contribution in [0.15, 0.2) is 46.7 Å². The van der Waals surface area contributed by atoms with E-state index >= 15 is 0 Å². The van der Waals surface area contributed by atoms with Gasteiger partial charge >= 0.3 is 0 Å². The Labute approximate surface area is 186 Å². The summed E-state index contributed by atoms with van der Waals surface area (Å²) in [7, 11) is 0.